The van der Waals surface area contributed by atoms with Gasteiger partial charge in [-0.05, 0) is 84.4 Å². The summed E-state index contributed by atoms with van der Waals surface area (Å²) in [5, 5.41) is 16.6. The zero-order valence-corrected chi connectivity index (χ0v) is 33.4. The molecule has 0 N–H and O–H groups in total. The fourth-order valence-corrected chi connectivity index (χ4v) is 9.70. The minimum Gasteiger partial charge on any atom is -0.456 e. The van der Waals surface area contributed by atoms with E-state index in [1.165, 1.54) is 16.2 Å². The van der Waals surface area contributed by atoms with Gasteiger partial charge in [-0.15, -0.1) is 10.2 Å². The molecule has 6 heteroatoms. The lowest BCUT2D eigenvalue weighted by atomic mass is 10.0. The molecule has 4 aromatic heterocycles. The number of rotatable bonds is 6. The van der Waals surface area contributed by atoms with Crippen LogP contribution in [0.1, 0.15) is 0 Å². The molecule has 0 amide bonds. The van der Waals surface area contributed by atoms with E-state index in [-0.39, 0.29) is 0 Å². The Morgan fingerprint density at radius 2 is 0.952 bits per heavy atom. The smallest absolute Gasteiger partial charge is 0.168 e. The fourth-order valence-electron chi connectivity index (χ4n) is 9.70. The highest BCUT2D eigenvalue weighted by Gasteiger charge is 2.22. The normalized spacial score (nSPS) is 11.9. The van der Waals surface area contributed by atoms with E-state index in [9.17, 15) is 0 Å². The van der Waals surface area contributed by atoms with Gasteiger partial charge in [0.15, 0.2) is 11.6 Å². The van der Waals surface area contributed by atoms with E-state index >= 15 is 0 Å². The second kappa shape index (κ2) is 13.5. The van der Waals surface area contributed by atoms with Crippen LogP contribution in [0.3, 0.4) is 0 Å². The summed E-state index contributed by atoms with van der Waals surface area (Å²) in [5.41, 5.74) is 13.8. The molecule has 0 aliphatic heterocycles. The number of fused-ring (bicyclic) bond motifs is 10. The molecule has 0 spiro atoms. The predicted molar refractivity (Wildman–Crippen MR) is 254 cm³/mol. The first-order valence-electron chi connectivity index (χ1n) is 20.9. The summed E-state index contributed by atoms with van der Waals surface area (Å²) in [6, 6.07) is 75.1. The number of furan rings is 1. The van der Waals surface area contributed by atoms with Crippen LogP contribution < -0.4 is 0 Å². The van der Waals surface area contributed by atoms with Crippen LogP contribution >= 0.6 is 0 Å². The molecule has 0 saturated heterocycles. The van der Waals surface area contributed by atoms with Crippen LogP contribution in [0.15, 0.2) is 217 Å². The average molecular weight is 794 g/mol. The first kappa shape index (κ1) is 34.4. The molecule has 0 aliphatic carbocycles. The van der Waals surface area contributed by atoms with Gasteiger partial charge in [0.1, 0.15) is 11.2 Å². The monoisotopic (exact) mass is 793 g/mol. The molecule has 0 unspecified atom stereocenters. The molecular formula is C56H35N5O. The summed E-state index contributed by atoms with van der Waals surface area (Å²) < 4.78 is 13.4. The van der Waals surface area contributed by atoms with Crippen LogP contribution in [0.5, 0.6) is 0 Å². The van der Waals surface area contributed by atoms with Gasteiger partial charge in [-0.25, -0.2) is 0 Å². The second-order valence-corrected chi connectivity index (χ2v) is 15.8. The lowest BCUT2D eigenvalue weighted by molar-refractivity contribution is 0.669. The maximum atomic E-state index is 6.42. The van der Waals surface area contributed by atoms with Crippen LogP contribution in [0, 0.1) is 0 Å². The van der Waals surface area contributed by atoms with Crippen molar-refractivity contribution in [3.05, 3.63) is 212 Å². The van der Waals surface area contributed by atoms with Gasteiger partial charge >= 0.3 is 0 Å². The molecule has 13 aromatic rings. The van der Waals surface area contributed by atoms with Gasteiger partial charge in [0.05, 0.1) is 33.1 Å². The van der Waals surface area contributed by atoms with Crippen LogP contribution in [0.2, 0.25) is 0 Å². The topological polar surface area (TPSA) is 53.7 Å². The van der Waals surface area contributed by atoms with Gasteiger partial charge < -0.3 is 13.6 Å². The van der Waals surface area contributed by atoms with Gasteiger partial charge in [0.25, 0.3) is 0 Å². The maximum Gasteiger partial charge on any atom is 0.168 e. The van der Waals surface area contributed by atoms with Crippen molar-refractivity contribution in [1.29, 1.82) is 0 Å². The number of hydrogen-bond donors (Lipinski definition) is 0. The summed E-state index contributed by atoms with van der Waals surface area (Å²) >= 11 is 0. The van der Waals surface area contributed by atoms with Crippen LogP contribution in [0.4, 0.5) is 0 Å². The quantitative estimate of drug-likeness (QED) is 0.168. The van der Waals surface area contributed by atoms with Crippen molar-refractivity contribution in [2.75, 3.05) is 0 Å². The van der Waals surface area contributed by atoms with Crippen LogP contribution in [0.25, 0.3) is 117 Å². The number of hydrogen-bond acceptors (Lipinski definition) is 3. The average Bonchev–Trinajstić information content (AvgIpc) is 4.11. The second-order valence-electron chi connectivity index (χ2n) is 15.8. The summed E-state index contributed by atoms with van der Waals surface area (Å²) in [7, 11) is 0. The van der Waals surface area contributed by atoms with E-state index < -0.39 is 0 Å². The lowest BCUT2D eigenvalue weighted by Crippen LogP contribution is -2.00. The van der Waals surface area contributed by atoms with Crippen LogP contribution in [-0.2, 0) is 0 Å². The van der Waals surface area contributed by atoms with E-state index in [1.807, 2.05) is 30.3 Å². The standard InChI is InChI=1S/C56H35N5O/c1-3-16-36(17-4-1)55-57-58-56(60(55)39-19-5-2-6-20-39)38-30-32-50-46(35-38)43-24-9-13-28-49(43)61(50)47-26-11-7-22-41(47)37-18-15-21-40(34-37)59-48-27-12-8-23-42(48)44-31-33-52-53(54(44)59)45-25-10-14-29-51(45)62-52/h1-35H. The molecule has 0 radical (unpaired) electrons. The van der Waals surface area contributed by atoms with Gasteiger partial charge in [-0.2, -0.15) is 0 Å². The highest BCUT2D eigenvalue weighted by Crippen LogP contribution is 2.43. The highest BCUT2D eigenvalue weighted by molar-refractivity contribution is 6.24. The van der Waals surface area contributed by atoms with E-state index in [0.717, 1.165) is 100 Å². The SMILES string of the molecule is c1ccc(-c2nnc(-c3ccc4c(c3)c3ccccc3n4-c3ccccc3-c3cccc(-n4c5ccccc5c5ccc6oc7ccccc7c6c54)c3)n2-c2ccccc2)cc1. The molecule has 62 heavy (non-hydrogen) atoms. The fraction of sp³-hybridized carbons (Fsp3) is 0. The molecule has 0 fully saturated rings. The van der Waals surface area contributed by atoms with E-state index in [2.05, 4.69) is 196 Å². The Morgan fingerprint density at radius 3 is 1.77 bits per heavy atom. The Balaban J connectivity index is 1.00. The Hall–Kier alpha value is -8.48. The first-order chi connectivity index (χ1) is 30.8. The largest absolute Gasteiger partial charge is 0.456 e. The zero-order chi connectivity index (χ0) is 40.7. The van der Waals surface area contributed by atoms with Crippen molar-refractivity contribution in [3.8, 4) is 51.0 Å². The Bertz CT molecular complexity index is 3870. The predicted octanol–water partition coefficient (Wildman–Crippen LogP) is 14.4. The highest BCUT2D eigenvalue weighted by atomic mass is 16.3. The third kappa shape index (κ3) is 5.10. The zero-order valence-electron chi connectivity index (χ0n) is 33.4. The van der Waals surface area contributed by atoms with Crippen molar-refractivity contribution in [2.24, 2.45) is 0 Å². The van der Waals surface area contributed by atoms with Crippen molar-refractivity contribution in [2.45, 2.75) is 0 Å². The summed E-state index contributed by atoms with van der Waals surface area (Å²) in [6.45, 7) is 0. The lowest BCUT2D eigenvalue weighted by Gasteiger charge is -2.16. The number of benzene rings is 9. The molecule has 0 bridgehead atoms. The third-order valence-electron chi connectivity index (χ3n) is 12.4. The number of para-hydroxylation sites is 5. The summed E-state index contributed by atoms with van der Waals surface area (Å²) in [5.74, 6) is 1.59. The molecule has 0 aliphatic rings. The van der Waals surface area contributed by atoms with Gasteiger partial charge in [-0.1, -0.05) is 133 Å². The van der Waals surface area contributed by atoms with Gasteiger partial charge in [-0.3, -0.25) is 4.57 Å². The Kier molecular flexibility index (Phi) is 7.50. The Morgan fingerprint density at radius 1 is 0.339 bits per heavy atom. The Labute approximate surface area is 355 Å². The van der Waals surface area contributed by atoms with Crippen molar-refractivity contribution >= 4 is 65.6 Å². The molecular weight excluding hydrogens is 759 g/mol. The maximum absolute atomic E-state index is 6.42. The van der Waals surface area contributed by atoms with E-state index in [0.29, 0.717) is 0 Å². The molecule has 13 rings (SSSR count). The van der Waals surface area contributed by atoms with Crippen molar-refractivity contribution in [1.82, 2.24) is 23.9 Å². The number of aromatic nitrogens is 5. The molecule has 290 valence electrons. The third-order valence-corrected chi connectivity index (χ3v) is 12.4. The molecule has 9 aromatic carbocycles. The van der Waals surface area contributed by atoms with Crippen molar-refractivity contribution in [3.63, 3.8) is 0 Å². The molecule has 0 saturated carbocycles. The van der Waals surface area contributed by atoms with E-state index in [4.69, 9.17) is 14.6 Å². The first-order valence-corrected chi connectivity index (χ1v) is 20.9. The summed E-state index contributed by atoms with van der Waals surface area (Å²) in [6.07, 6.45) is 0. The van der Waals surface area contributed by atoms with Crippen LogP contribution in [-0.4, -0.2) is 23.9 Å². The van der Waals surface area contributed by atoms with Gasteiger partial charge in [0, 0.05) is 55.0 Å². The van der Waals surface area contributed by atoms with E-state index in [1.54, 1.807) is 0 Å². The van der Waals surface area contributed by atoms with Gasteiger partial charge in [0.2, 0.25) is 0 Å². The minimum absolute atomic E-state index is 0.789. The van der Waals surface area contributed by atoms with Crippen molar-refractivity contribution < 1.29 is 4.42 Å². The number of nitrogens with zero attached hydrogens (tertiary/aromatic N) is 5. The minimum atomic E-state index is 0.789. The molecule has 0 atom stereocenters. The molecule has 4 heterocycles. The summed E-state index contributed by atoms with van der Waals surface area (Å²) in [4.78, 5) is 0. The molecule has 6 nitrogen and oxygen atoms in total.